The Balaban J connectivity index is 1.94. The van der Waals surface area contributed by atoms with Crippen LogP contribution in [-0.4, -0.2) is 26.1 Å². The normalized spacial score (nSPS) is 22.3. The van der Waals surface area contributed by atoms with Gasteiger partial charge < -0.3 is 15.8 Å². The van der Waals surface area contributed by atoms with Gasteiger partial charge in [0.2, 0.25) is 0 Å². The molecule has 0 spiro atoms. The number of carbonyl (C=O) groups is 1. The van der Waals surface area contributed by atoms with E-state index in [0.717, 1.165) is 13.0 Å². The molecule has 1 aromatic carbocycles. The van der Waals surface area contributed by atoms with Crippen molar-refractivity contribution in [2.45, 2.75) is 25.7 Å². The first-order chi connectivity index (χ1) is 9.76. The number of benzene rings is 1. The highest BCUT2D eigenvalue weighted by Gasteiger charge is 2.24. The molecule has 0 radical (unpaired) electrons. The highest BCUT2D eigenvalue weighted by atomic mass is 16.5. The molecule has 3 N–H and O–H groups in total. The third kappa shape index (κ3) is 3.51. The number of nitrogens with two attached hydrogens (primary N) is 1. The summed E-state index contributed by atoms with van der Waals surface area (Å²) in [5.41, 5.74) is 6.42. The van der Waals surface area contributed by atoms with Crippen LogP contribution in [0.1, 0.15) is 36.0 Å². The van der Waals surface area contributed by atoms with Crippen molar-refractivity contribution < 1.29 is 9.53 Å². The summed E-state index contributed by atoms with van der Waals surface area (Å²) in [7, 11) is 1.58. The summed E-state index contributed by atoms with van der Waals surface area (Å²) < 4.78 is 5.22. The topological polar surface area (TPSA) is 64.3 Å². The summed E-state index contributed by atoms with van der Waals surface area (Å²) in [6.07, 6.45) is 4.85. The monoisotopic (exact) mass is 276 g/mol. The predicted octanol–water partition coefficient (Wildman–Crippen LogP) is 2.19. The van der Waals surface area contributed by atoms with Crippen LogP contribution in [0, 0.1) is 11.8 Å². The largest absolute Gasteiger partial charge is 0.496 e. The average molecular weight is 276 g/mol. The van der Waals surface area contributed by atoms with Crippen molar-refractivity contribution in [1.29, 1.82) is 0 Å². The predicted molar refractivity (Wildman–Crippen MR) is 79.8 cm³/mol. The van der Waals surface area contributed by atoms with Gasteiger partial charge in [-0.05, 0) is 43.4 Å². The van der Waals surface area contributed by atoms with Crippen LogP contribution in [-0.2, 0) is 0 Å². The van der Waals surface area contributed by atoms with Crippen molar-refractivity contribution in [3.8, 4) is 5.75 Å². The molecule has 1 aromatic rings. The molecule has 2 rings (SSSR count). The Labute approximate surface area is 120 Å². The van der Waals surface area contributed by atoms with E-state index in [9.17, 15) is 4.79 Å². The lowest BCUT2D eigenvalue weighted by Crippen LogP contribution is -2.37. The van der Waals surface area contributed by atoms with Crippen molar-refractivity contribution in [1.82, 2.24) is 5.32 Å². The van der Waals surface area contributed by atoms with Crippen molar-refractivity contribution >= 4 is 5.91 Å². The van der Waals surface area contributed by atoms with Crippen LogP contribution in [0.5, 0.6) is 5.75 Å². The quantitative estimate of drug-likeness (QED) is 0.866. The van der Waals surface area contributed by atoms with Gasteiger partial charge in [-0.25, -0.2) is 0 Å². The third-order valence-corrected chi connectivity index (χ3v) is 4.25. The summed E-state index contributed by atoms with van der Waals surface area (Å²) in [4.78, 5) is 12.2. The Morgan fingerprint density at radius 2 is 2.00 bits per heavy atom. The molecule has 2 atom stereocenters. The SMILES string of the molecule is COc1ccccc1C(=O)NCC1CCCCC1CN. The fourth-order valence-electron chi connectivity index (χ4n) is 3.01. The van der Waals surface area contributed by atoms with Gasteiger partial charge in [0.1, 0.15) is 5.75 Å². The van der Waals surface area contributed by atoms with Crippen LogP contribution in [0.2, 0.25) is 0 Å². The fraction of sp³-hybridized carbons (Fsp3) is 0.562. The maximum absolute atomic E-state index is 12.2. The van der Waals surface area contributed by atoms with Crippen LogP contribution >= 0.6 is 0 Å². The molecule has 20 heavy (non-hydrogen) atoms. The molecule has 0 bridgehead atoms. The third-order valence-electron chi connectivity index (χ3n) is 4.25. The van der Waals surface area contributed by atoms with E-state index in [2.05, 4.69) is 5.32 Å². The lowest BCUT2D eigenvalue weighted by Gasteiger charge is -2.30. The van der Waals surface area contributed by atoms with Gasteiger partial charge >= 0.3 is 0 Å². The second-order valence-electron chi connectivity index (χ2n) is 5.45. The number of hydrogen-bond donors (Lipinski definition) is 2. The second-order valence-corrected chi connectivity index (χ2v) is 5.45. The lowest BCUT2D eigenvalue weighted by atomic mass is 9.79. The molecule has 110 valence electrons. The van der Waals surface area contributed by atoms with Crippen molar-refractivity contribution in [3.63, 3.8) is 0 Å². The second kappa shape index (κ2) is 7.29. The van der Waals surface area contributed by atoms with Gasteiger partial charge in [0.05, 0.1) is 12.7 Å². The first-order valence-electron chi connectivity index (χ1n) is 7.37. The molecule has 1 aliphatic rings. The van der Waals surface area contributed by atoms with Gasteiger partial charge in [0.25, 0.3) is 5.91 Å². The van der Waals surface area contributed by atoms with Gasteiger partial charge in [-0.15, -0.1) is 0 Å². The summed E-state index contributed by atoms with van der Waals surface area (Å²) >= 11 is 0. The van der Waals surface area contributed by atoms with Gasteiger partial charge in [-0.1, -0.05) is 25.0 Å². The molecule has 0 aromatic heterocycles. The molecule has 1 fully saturated rings. The molecule has 0 saturated heterocycles. The maximum atomic E-state index is 12.2. The van der Waals surface area contributed by atoms with Crippen LogP contribution in [0.15, 0.2) is 24.3 Å². The number of ether oxygens (including phenoxy) is 1. The van der Waals surface area contributed by atoms with Gasteiger partial charge in [0, 0.05) is 6.54 Å². The highest BCUT2D eigenvalue weighted by Crippen LogP contribution is 2.28. The smallest absolute Gasteiger partial charge is 0.255 e. The Morgan fingerprint density at radius 3 is 2.70 bits per heavy atom. The molecule has 1 saturated carbocycles. The number of methoxy groups -OCH3 is 1. The molecular formula is C16H24N2O2. The van der Waals surface area contributed by atoms with Crippen molar-refractivity contribution in [2.24, 2.45) is 17.6 Å². The Hall–Kier alpha value is -1.55. The molecule has 4 nitrogen and oxygen atoms in total. The van der Waals surface area contributed by atoms with E-state index in [-0.39, 0.29) is 5.91 Å². The summed E-state index contributed by atoms with van der Waals surface area (Å²) in [6, 6.07) is 7.30. The molecular weight excluding hydrogens is 252 g/mol. The van der Waals surface area contributed by atoms with E-state index >= 15 is 0 Å². The van der Waals surface area contributed by atoms with Crippen LogP contribution in [0.4, 0.5) is 0 Å². The number of nitrogens with one attached hydrogen (secondary N) is 1. The Bertz CT molecular complexity index is 448. The van der Waals surface area contributed by atoms with Gasteiger partial charge in [-0.2, -0.15) is 0 Å². The zero-order valence-corrected chi connectivity index (χ0v) is 12.1. The molecule has 1 aliphatic carbocycles. The summed E-state index contributed by atoms with van der Waals surface area (Å²) in [5, 5.41) is 3.03. The Kier molecular flexibility index (Phi) is 5.41. The molecule has 4 heteroatoms. The van der Waals surface area contributed by atoms with E-state index < -0.39 is 0 Å². The number of amides is 1. The van der Waals surface area contributed by atoms with E-state index in [1.807, 2.05) is 12.1 Å². The fourth-order valence-corrected chi connectivity index (χ4v) is 3.01. The molecule has 1 amide bonds. The lowest BCUT2D eigenvalue weighted by molar-refractivity contribution is 0.0932. The zero-order chi connectivity index (χ0) is 14.4. The minimum Gasteiger partial charge on any atom is -0.496 e. The van der Waals surface area contributed by atoms with Crippen molar-refractivity contribution in [3.05, 3.63) is 29.8 Å². The highest BCUT2D eigenvalue weighted by molar-refractivity contribution is 5.96. The van der Waals surface area contributed by atoms with Crippen LogP contribution in [0.3, 0.4) is 0 Å². The summed E-state index contributed by atoms with van der Waals surface area (Å²) in [6.45, 7) is 1.42. The first kappa shape index (κ1) is 14.9. The molecule has 0 aliphatic heterocycles. The number of rotatable bonds is 5. The van der Waals surface area contributed by atoms with Crippen LogP contribution < -0.4 is 15.8 Å². The van der Waals surface area contributed by atoms with E-state index in [0.29, 0.717) is 29.7 Å². The number of para-hydroxylation sites is 1. The van der Waals surface area contributed by atoms with Crippen molar-refractivity contribution in [2.75, 3.05) is 20.2 Å². The van der Waals surface area contributed by atoms with E-state index in [1.54, 1.807) is 19.2 Å². The Morgan fingerprint density at radius 1 is 1.30 bits per heavy atom. The minimum absolute atomic E-state index is 0.0659. The summed E-state index contributed by atoms with van der Waals surface area (Å²) in [5.74, 6) is 1.60. The van der Waals surface area contributed by atoms with Crippen LogP contribution in [0.25, 0.3) is 0 Å². The minimum atomic E-state index is -0.0659. The van der Waals surface area contributed by atoms with Gasteiger partial charge in [-0.3, -0.25) is 4.79 Å². The molecule has 0 heterocycles. The molecule has 2 unspecified atom stereocenters. The first-order valence-corrected chi connectivity index (χ1v) is 7.37. The van der Waals surface area contributed by atoms with E-state index in [4.69, 9.17) is 10.5 Å². The standard InChI is InChI=1S/C16H24N2O2/c1-20-15-9-5-4-8-14(15)16(19)18-11-13-7-3-2-6-12(13)10-17/h4-5,8-9,12-13H,2-3,6-7,10-11,17H2,1H3,(H,18,19). The zero-order valence-electron chi connectivity index (χ0n) is 12.1. The maximum Gasteiger partial charge on any atom is 0.255 e. The van der Waals surface area contributed by atoms with E-state index in [1.165, 1.54) is 19.3 Å². The number of carbonyl (C=O) groups excluding carboxylic acids is 1. The average Bonchev–Trinajstić information content (AvgIpc) is 2.52. The number of hydrogen-bond acceptors (Lipinski definition) is 3. The van der Waals surface area contributed by atoms with Gasteiger partial charge in [0.15, 0.2) is 0 Å².